The number of H-pyrrole nitrogens is 1. The van der Waals surface area contributed by atoms with Crippen LogP contribution in [0.2, 0.25) is 5.02 Å². The summed E-state index contributed by atoms with van der Waals surface area (Å²) in [6.07, 6.45) is 2.64. The Labute approximate surface area is 272 Å². The van der Waals surface area contributed by atoms with Crippen molar-refractivity contribution in [3.63, 3.8) is 0 Å². The van der Waals surface area contributed by atoms with Crippen LogP contribution < -0.4 is 16.0 Å². The molecule has 0 aliphatic carbocycles. The molecule has 248 valence electrons. The summed E-state index contributed by atoms with van der Waals surface area (Å²) < 4.78 is 24.6. The first-order valence-corrected chi connectivity index (χ1v) is 15.3. The number of likely N-dealkylation sites (N-methyl/N-ethyl adjacent to an activating group) is 1. The molecule has 14 heteroatoms. The number of aryl methyl sites for hydroxylation is 1. The van der Waals surface area contributed by atoms with Crippen LogP contribution in [0.3, 0.4) is 0 Å². The van der Waals surface area contributed by atoms with Gasteiger partial charge in [-0.25, -0.2) is 19.0 Å². The summed E-state index contributed by atoms with van der Waals surface area (Å²) in [4.78, 5) is 55.3. The molecule has 2 heterocycles. The third-order valence-corrected chi connectivity index (χ3v) is 7.52. The number of carbonyl (C=O) groups excluding carboxylic acids is 4. The molecule has 0 spiro atoms. The number of ether oxygens (including phenoxy) is 2. The Morgan fingerprint density at radius 3 is 2.65 bits per heavy atom. The van der Waals surface area contributed by atoms with Gasteiger partial charge in [0, 0.05) is 49.7 Å². The van der Waals surface area contributed by atoms with E-state index in [1.807, 2.05) is 13.0 Å². The van der Waals surface area contributed by atoms with Crippen LogP contribution in [0.25, 0.3) is 11.3 Å². The molecular weight excluding hydrogens is 619 g/mol. The van der Waals surface area contributed by atoms with Crippen LogP contribution in [0.4, 0.5) is 31.0 Å². The van der Waals surface area contributed by atoms with Crippen molar-refractivity contribution in [2.24, 2.45) is 0 Å². The van der Waals surface area contributed by atoms with Gasteiger partial charge in [-0.15, -0.1) is 0 Å². The fraction of sp³-hybridized carbons (Fsp3) is 0.406. The Balaban J connectivity index is 0.000000875. The number of benzene rings is 2. The molecule has 4 N–H and O–H groups in total. The van der Waals surface area contributed by atoms with Crippen molar-refractivity contribution >= 4 is 53.0 Å². The highest BCUT2D eigenvalue weighted by atomic mass is 35.5. The Hall–Kier alpha value is -4.65. The lowest BCUT2D eigenvalue weighted by Gasteiger charge is -2.27. The average Bonchev–Trinajstić information content (AvgIpc) is 3.40. The number of methoxy groups -OCH3 is 1. The molecule has 3 amide bonds. The quantitative estimate of drug-likeness (QED) is 0.122. The van der Waals surface area contributed by atoms with E-state index < -0.39 is 24.1 Å². The molecule has 4 rings (SSSR count). The molecule has 0 saturated heterocycles. The van der Waals surface area contributed by atoms with Gasteiger partial charge in [-0.3, -0.25) is 15.4 Å². The lowest BCUT2D eigenvalue weighted by molar-refractivity contribution is -0.129. The average molecular weight is 659 g/mol. The molecule has 3 aromatic rings. The van der Waals surface area contributed by atoms with Crippen molar-refractivity contribution in [2.75, 3.05) is 43.7 Å². The molecule has 0 radical (unpaired) electrons. The number of aldehydes is 1. The van der Waals surface area contributed by atoms with E-state index in [9.17, 15) is 23.6 Å². The number of fused-ring (bicyclic) bond motifs is 1. The molecule has 0 saturated carbocycles. The normalized spacial score (nSPS) is 13.3. The lowest BCUT2D eigenvalue weighted by Crippen LogP contribution is -2.30. The number of imidazole rings is 1. The Morgan fingerprint density at radius 1 is 1.24 bits per heavy atom. The molecule has 1 aliphatic heterocycles. The lowest BCUT2D eigenvalue weighted by atomic mass is 10.0. The van der Waals surface area contributed by atoms with Crippen molar-refractivity contribution in [1.82, 2.24) is 14.9 Å². The topological polar surface area (TPSA) is 155 Å². The number of hydrogen-bond acceptors (Lipinski definition) is 8. The van der Waals surface area contributed by atoms with Crippen LogP contribution in [0.1, 0.15) is 62.2 Å². The molecule has 12 nitrogen and oxygen atoms in total. The summed E-state index contributed by atoms with van der Waals surface area (Å²) in [5.41, 5.74) is 4.06. The van der Waals surface area contributed by atoms with Gasteiger partial charge in [0.05, 0.1) is 35.5 Å². The number of halogens is 2. The van der Waals surface area contributed by atoms with Crippen molar-refractivity contribution in [3.8, 4) is 11.3 Å². The summed E-state index contributed by atoms with van der Waals surface area (Å²) in [5.74, 6) is -0.293. The summed E-state index contributed by atoms with van der Waals surface area (Å²) >= 11 is 5.92. The minimum absolute atomic E-state index is 0.0452. The fourth-order valence-corrected chi connectivity index (χ4v) is 4.96. The Morgan fingerprint density at radius 2 is 2.00 bits per heavy atom. The maximum atomic E-state index is 14.6. The van der Waals surface area contributed by atoms with Crippen LogP contribution in [-0.4, -0.2) is 67.0 Å². The molecule has 1 atom stereocenters. The maximum absolute atomic E-state index is 14.6. The van der Waals surface area contributed by atoms with Gasteiger partial charge >= 0.3 is 12.2 Å². The third-order valence-electron chi connectivity index (χ3n) is 7.23. The number of carbonyl (C=O) groups is 4. The molecule has 1 unspecified atom stereocenters. The summed E-state index contributed by atoms with van der Waals surface area (Å²) in [6.45, 7) is 4.30. The zero-order chi connectivity index (χ0) is 33.8. The van der Waals surface area contributed by atoms with Gasteiger partial charge in [0.15, 0.2) is 5.82 Å². The minimum Gasteiger partial charge on any atom is -0.453 e. The number of hydrogen-bond donors (Lipinski definition) is 4. The first kappa shape index (κ1) is 35.8. The van der Waals surface area contributed by atoms with Crippen molar-refractivity contribution in [3.05, 3.63) is 58.3 Å². The summed E-state index contributed by atoms with van der Waals surface area (Å²) in [5, 5.41) is 8.15. The van der Waals surface area contributed by atoms with Crippen LogP contribution >= 0.6 is 11.6 Å². The number of aromatic amines is 1. The first-order valence-electron chi connectivity index (χ1n) is 14.9. The second-order valence-electron chi connectivity index (χ2n) is 10.6. The second kappa shape index (κ2) is 17.2. The molecule has 2 aromatic carbocycles. The largest absolute Gasteiger partial charge is 0.453 e. The van der Waals surface area contributed by atoms with Gasteiger partial charge in [0.1, 0.15) is 18.2 Å². The standard InChI is InChI=1S/C27H30ClFN6O5.C5H10O/c1-14-25(16-8-7-15(12-19(16)30-2)32-26(37)39-4)34-21(31-14)13-22(36)35(3)11-5-6-20-23-18(33-27(38)40-20)10-9-17(28)24(23)29;1-2-3-4-5-6/h7-10,12,20,30H,5-6,11,13H2,1-4H3,(H,31,34)(H,32,37)(H,33,38);5H,2-4H2,1H3. The maximum Gasteiger partial charge on any atom is 0.412 e. The van der Waals surface area contributed by atoms with Gasteiger partial charge < -0.3 is 29.5 Å². The smallest absolute Gasteiger partial charge is 0.412 e. The molecule has 0 bridgehead atoms. The monoisotopic (exact) mass is 658 g/mol. The first-order chi connectivity index (χ1) is 22.0. The van der Waals surface area contributed by atoms with Gasteiger partial charge in [-0.05, 0) is 56.5 Å². The number of unbranched alkanes of at least 4 members (excludes halogenated alkanes) is 2. The van der Waals surface area contributed by atoms with Gasteiger partial charge in [0.25, 0.3) is 0 Å². The van der Waals surface area contributed by atoms with Crippen LogP contribution in [0.5, 0.6) is 0 Å². The predicted octanol–water partition coefficient (Wildman–Crippen LogP) is 6.86. The number of aromatic nitrogens is 2. The van der Waals surface area contributed by atoms with Crippen molar-refractivity contribution in [2.45, 2.75) is 58.5 Å². The third kappa shape index (κ3) is 9.43. The van der Waals surface area contributed by atoms with E-state index in [0.717, 1.165) is 42.5 Å². The highest BCUT2D eigenvalue weighted by molar-refractivity contribution is 6.31. The number of rotatable bonds is 12. The van der Waals surface area contributed by atoms with Crippen molar-refractivity contribution in [1.29, 1.82) is 0 Å². The zero-order valence-electron chi connectivity index (χ0n) is 26.6. The van der Waals surface area contributed by atoms with Crippen molar-refractivity contribution < 1.29 is 33.0 Å². The number of amides is 3. The fourth-order valence-electron chi connectivity index (χ4n) is 4.80. The number of cyclic esters (lactones) is 1. The SMILES string of the molecule is CCCCC=O.CNc1cc(NC(=O)OC)ccc1-c1nc(CC(=O)N(C)CCCC2OC(=O)Nc3ccc(Cl)c(F)c32)[nH]c1C. The van der Waals surface area contributed by atoms with Gasteiger partial charge in [-0.1, -0.05) is 24.9 Å². The van der Waals surface area contributed by atoms with E-state index in [4.69, 9.17) is 16.3 Å². The highest BCUT2D eigenvalue weighted by Crippen LogP contribution is 2.38. The number of anilines is 3. The molecule has 1 aliphatic rings. The molecule has 1 aromatic heterocycles. The predicted molar refractivity (Wildman–Crippen MR) is 175 cm³/mol. The molecular formula is C32H40ClFN6O6. The van der Waals surface area contributed by atoms with E-state index in [-0.39, 0.29) is 22.9 Å². The van der Waals surface area contributed by atoms with Gasteiger partial charge in [-0.2, -0.15) is 0 Å². The van der Waals surface area contributed by atoms with Crippen LogP contribution in [0, 0.1) is 12.7 Å². The second-order valence-corrected chi connectivity index (χ2v) is 11.0. The zero-order valence-corrected chi connectivity index (χ0v) is 27.3. The minimum atomic E-state index is -0.809. The summed E-state index contributed by atoms with van der Waals surface area (Å²) in [7, 11) is 4.72. The van der Waals surface area contributed by atoms with E-state index >= 15 is 0 Å². The van der Waals surface area contributed by atoms with E-state index in [0.29, 0.717) is 42.3 Å². The van der Waals surface area contributed by atoms with Crippen LogP contribution in [0.15, 0.2) is 30.3 Å². The number of nitrogens with zero attached hydrogens (tertiary/aromatic N) is 2. The van der Waals surface area contributed by atoms with Gasteiger partial charge in [0.2, 0.25) is 5.91 Å². The molecule has 0 fully saturated rings. The van der Waals surface area contributed by atoms with Crippen LogP contribution in [-0.2, 0) is 25.5 Å². The highest BCUT2D eigenvalue weighted by Gasteiger charge is 2.30. The Bertz CT molecular complexity index is 1550. The number of nitrogens with one attached hydrogen (secondary N) is 4. The molecule has 46 heavy (non-hydrogen) atoms. The Kier molecular flexibility index (Phi) is 13.4. The summed E-state index contributed by atoms with van der Waals surface area (Å²) in [6, 6.07) is 8.23. The van der Waals surface area contributed by atoms with E-state index in [1.54, 1.807) is 31.1 Å². The van der Waals surface area contributed by atoms with E-state index in [1.165, 1.54) is 19.2 Å². The van der Waals surface area contributed by atoms with E-state index in [2.05, 4.69) is 37.6 Å².